The molecule has 132 valence electrons. The van der Waals surface area contributed by atoms with Crippen LogP contribution in [0.2, 0.25) is 5.02 Å². The molecule has 1 unspecified atom stereocenters. The number of primary amides is 1. The van der Waals surface area contributed by atoms with E-state index in [4.69, 9.17) is 23.1 Å². The number of pyridine rings is 1. The number of carbonyl (C=O) groups is 2. The summed E-state index contributed by atoms with van der Waals surface area (Å²) in [7, 11) is 0. The number of nitrogens with one attached hydrogen (secondary N) is 1. The van der Waals surface area contributed by atoms with Crippen LogP contribution in [-0.4, -0.2) is 22.8 Å². The van der Waals surface area contributed by atoms with Crippen LogP contribution in [0.15, 0.2) is 48.8 Å². The Balaban J connectivity index is 2.01. The predicted molar refractivity (Wildman–Crippen MR) is 96.7 cm³/mol. The Morgan fingerprint density at radius 3 is 2.48 bits per heavy atom. The Hall–Kier alpha value is -2.44. The molecule has 0 fully saturated rings. The number of nitrogens with zero attached hydrogens (tertiary/aromatic N) is 1. The van der Waals surface area contributed by atoms with Crippen LogP contribution in [0.1, 0.15) is 30.0 Å². The molecule has 2 aromatic rings. The third-order valence-corrected chi connectivity index (χ3v) is 4.18. The highest BCUT2D eigenvalue weighted by Gasteiger charge is 2.22. The molecule has 0 radical (unpaired) electrons. The van der Waals surface area contributed by atoms with E-state index in [2.05, 4.69) is 10.3 Å². The lowest BCUT2D eigenvalue weighted by Crippen LogP contribution is -2.43. The average Bonchev–Trinajstić information content (AvgIpc) is 2.60. The van der Waals surface area contributed by atoms with Crippen molar-refractivity contribution in [3.63, 3.8) is 0 Å². The first-order valence-corrected chi connectivity index (χ1v) is 8.32. The molecule has 1 aromatic carbocycles. The zero-order chi connectivity index (χ0) is 18.2. The fraction of sp³-hybridized carbons (Fsp3) is 0.278. The second-order valence-corrected chi connectivity index (χ2v) is 6.16. The summed E-state index contributed by atoms with van der Waals surface area (Å²) in [6.07, 6.45) is 4.47. The van der Waals surface area contributed by atoms with Crippen LogP contribution in [0.25, 0.3) is 0 Å². The topological polar surface area (TPSA) is 111 Å². The third kappa shape index (κ3) is 5.85. The molecule has 5 N–H and O–H groups in total. The standard InChI is InChI=1S/C18H21ClN4O2/c19-14-4-2-1-3-13(14)16(11-17(21)24)23-18(25)15(20)6-5-12-7-9-22-10-8-12/h1-4,7-10,15-16H,5-6,11,20H2,(H2,21,24)(H,23,25)/t15?,16-/m1/s1. The van der Waals surface area contributed by atoms with Gasteiger partial charge in [0.15, 0.2) is 0 Å². The first kappa shape index (κ1) is 18.9. The first-order chi connectivity index (χ1) is 12.0. The van der Waals surface area contributed by atoms with Crippen LogP contribution < -0.4 is 16.8 Å². The van der Waals surface area contributed by atoms with E-state index in [-0.39, 0.29) is 12.3 Å². The van der Waals surface area contributed by atoms with Gasteiger partial charge in [-0.1, -0.05) is 29.8 Å². The van der Waals surface area contributed by atoms with Gasteiger partial charge in [0.2, 0.25) is 11.8 Å². The Bertz CT molecular complexity index is 724. The summed E-state index contributed by atoms with van der Waals surface area (Å²) < 4.78 is 0. The van der Waals surface area contributed by atoms with Gasteiger partial charge in [0.25, 0.3) is 0 Å². The van der Waals surface area contributed by atoms with Crippen molar-refractivity contribution in [2.75, 3.05) is 0 Å². The Labute approximate surface area is 151 Å². The van der Waals surface area contributed by atoms with Crippen LogP contribution in [0.5, 0.6) is 0 Å². The molecule has 0 aliphatic rings. The zero-order valence-corrected chi connectivity index (χ0v) is 14.4. The van der Waals surface area contributed by atoms with Crippen molar-refractivity contribution in [3.8, 4) is 0 Å². The molecule has 7 heteroatoms. The molecule has 1 aromatic heterocycles. The largest absolute Gasteiger partial charge is 0.370 e. The van der Waals surface area contributed by atoms with Gasteiger partial charge in [0.1, 0.15) is 0 Å². The van der Waals surface area contributed by atoms with Crippen molar-refractivity contribution in [3.05, 3.63) is 64.9 Å². The monoisotopic (exact) mass is 360 g/mol. The van der Waals surface area contributed by atoms with E-state index in [1.54, 1.807) is 36.7 Å². The maximum Gasteiger partial charge on any atom is 0.237 e. The van der Waals surface area contributed by atoms with Gasteiger partial charge in [0, 0.05) is 17.4 Å². The number of rotatable bonds is 8. The van der Waals surface area contributed by atoms with Gasteiger partial charge in [0.05, 0.1) is 18.5 Å². The molecular formula is C18H21ClN4O2. The quantitative estimate of drug-likeness (QED) is 0.665. The molecule has 25 heavy (non-hydrogen) atoms. The third-order valence-electron chi connectivity index (χ3n) is 3.83. The molecule has 0 saturated carbocycles. The summed E-state index contributed by atoms with van der Waals surface area (Å²) in [6.45, 7) is 0. The maximum atomic E-state index is 12.4. The van der Waals surface area contributed by atoms with E-state index in [1.807, 2.05) is 12.1 Å². The van der Waals surface area contributed by atoms with Crippen molar-refractivity contribution in [2.45, 2.75) is 31.3 Å². The number of halogens is 1. The van der Waals surface area contributed by atoms with Gasteiger partial charge < -0.3 is 16.8 Å². The van der Waals surface area contributed by atoms with Crippen LogP contribution in [0, 0.1) is 0 Å². The van der Waals surface area contributed by atoms with Gasteiger partial charge >= 0.3 is 0 Å². The number of benzene rings is 1. The SMILES string of the molecule is NC(=O)C[C@@H](NC(=O)C(N)CCc1ccncc1)c1ccccc1Cl. The van der Waals surface area contributed by atoms with Crippen LogP contribution in [-0.2, 0) is 16.0 Å². The van der Waals surface area contributed by atoms with Gasteiger partial charge in [-0.15, -0.1) is 0 Å². The summed E-state index contributed by atoms with van der Waals surface area (Å²) in [5.74, 6) is -0.879. The normalized spacial score (nSPS) is 13.0. The molecule has 2 rings (SSSR count). The number of hydrogen-bond acceptors (Lipinski definition) is 4. The fourth-order valence-corrected chi connectivity index (χ4v) is 2.75. The van der Waals surface area contributed by atoms with Crippen molar-refractivity contribution in [2.24, 2.45) is 11.5 Å². The second kappa shape index (κ2) is 9.15. The van der Waals surface area contributed by atoms with Crippen LogP contribution in [0.3, 0.4) is 0 Å². The average molecular weight is 361 g/mol. The van der Waals surface area contributed by atoms with Crippen LogP contribution in [0.4, 0.5) is 0 Å². The maximum absolute atomic E-state index is 12.4. The molecule has 0 spiro atoms. The molecular weight excluding hydrogens is 340 g/mol. The van der Waals surface area contributed by atoms with E-state index in [0.717, 1.165) is 5.56 Å². The summed E-state index contributed by atoms with van der Waals surface area (Å²) in [4.78, 5) is 27.7. The van der Waals surface area contributed by atoms with E-state index >= 15 is 0 Å². The highest BCUT2D eigenvalue weighted by atomic mass is 35.5. The van der Waals surface area contributed by atoms with Crippen molar-refractivity contribution < 1.29 is 9.59 Å². The van der Waals surface area contributed by atoms with Crippen molar-refractivity contribution in [1.29, 1.82) is 0 Å². The second-order valence-electron chi connectivity index (χ2n) is 5.75. The van der Waals surface area contributed by atoms with Crippen molar-refractivity contribution >= 4 is 23.4 Å². The summed E-state index contributed by atoms with van der Waals surface area (Å²) >= 11 is 6.17. The summed E-state index contributed by atoms with van der Waals surface area (Å²) in [5, 5.41) is 3.24. The Kier molecular flexibility index (Phi) is 6.91. The number of aryl methyl sites for hydroxylation is 1. The highest BCUT2D eigenvalue weighted by Crippen LogP contribution is 2.25. The Morgan fingerprint density at radius 1 is 1.16 bits per heavy atom. The highest BCUT2D eigenvalue weighted by molar-refractivity contribution is 6.31. The molecule has 1 heterocycles. The van der Waals surface area contributed by atoms with Gasteiger partial charge in [-0.25, -0.2) is 0 Å². The molecule has 0 bridgehead atoms. The van der Waals surface area contributed by atoms with Crippen molar-refractivity contribution in [1.82, 2.24) is 10.3 Å². The number of nitrogens with two attached hydrogens (primary N) is 2. The molecule has 0 aliphatic carbocycles. The molecule has 2 amide bonds. The number of amides is 2. The minimum atomic E-state index is -0.703. The summed E-state index contributed by atoms with van der Waals surface area (Å²) in [5.41, 5.74) is 13.0. The lowest BCUT2D eigenvalue weighted by Gasteiger charge is -2.21. The Morgan fingerprint density at radius 2 is 1.84 bits per heavy atom. The van der Waals surface area contributed by atoms with Gasteiger partial charge in [-0.3, -0.25) is 14.6 Å². The summed E-state index contributed by atoms with van der Waals surface area (Å²) in [6, 6.07) is 9.45. The molecule has 6 nitrogen and oxygen atoms in total. The lowest BCUT2D eigenvalue weighted by atomic mass is 10.0. The van der Waals surface area contributed by atoms with Crippen LogP contribution >= 0.6 is 11.6 Å². The van der Waals surface area contributed by atoms with Gasteiger partial charge in [-0.05, 0) is 42.2 Å². The number of hydrogen-bond donors (Lipinski definition) is 3. The minimum Gasteiger partial charge on any atom is -0.370 e. The van der Waals surface area contributed by atoms with E-state index in [0.29, 0.717) is 23.4 Å². The zero-order valence-electron chi connectivity index (χ0n) is 13.7. The number of carbonyl (C=O) groups excluding carboxylic acids is 2. The van der Waals surface area contributed by atoms with Gasteiger partial charge in [-0.2, -0.15) is 0 Å². The van der Waals surface area contributed by atoms with E-state index in [1.165, 1.54) is 0 Å². The molecule has 0 aliphatic heterocycles. The smallest absolute Gasteiger partial charge is 0.237 e. The van der Waals surface area contributed by atoms with E-state index in [9.17, 15) is 9.59 Å². The lowest BCUT2D eigenvalue weighted by molar-refractivity contribution is -0.123. The predicted octanol–water partition coefficient (Wildman–Crippen LogP) is 1.73. The fourth-order valence-electron chi connectivity index (χ4n) is 2.48. The molecule has 2 atom stereocenters. The molecule has 0 saturated heterocycles. The van der Waals surface area contributed by atoms with E-state index < -0.39 is 18.0 Å². The minimum absolute atomic E-state index is 0.0491. The number of aromatic nitrogens is 1. The first-order valence-electron chi connectivity index (χ1n) is 7.95.